The van der Waals surface area contributed by atoms with Crippen molar-refractivity contribution >= 4 is 0 Å². The third-order valence-electron chi connectivity index (χ3n) is 11.3. The van der Waals surface area contributed by atoms with Crippen molar-refractivity contribution < 1.29 is 71.6 Å². The van der Waals surface area contributed by atoms with Crippen molar-refractivity contribution in [3.63, 3.8) is 0 Å². The van der Waals surface area contributed by atoms with E-state index in [0.717, 1.165) is 48.5 Å². The Kier molecular flexibility index (Phi) is 14.4. The summed E-state index contributed by atoms with van der Waals surface area (Å²) in [7, 11) is 0. The highest BCUT2D eigenvalue weighted by Gasteiger charge is 2.32. The third-order valence-corrected chi connectivity index (χ3v) is 11.3. The summed E-state index contributed by atoms with van der Waals surface area (Å²) >= 11 is 0. The zero-order valence-electron chi connectivity index (χ0n) is 40.2. The number of ether oxygens (including phenoxy) is 4. The summed E-state index contributed by atoms with van der Waals surface area (Å²) < 4.78 is 187. The fraction of sp³-hybridized carbons (Fsp3) is 0.0968. The van der Waals surface area contributed by atoms with Gasteiger partial charge in [0.1, 0.15) is 46.0 Å². The second-order valence-electron chi connectivity index (χ2n) is 17.4. The van der Waals surface area contributed by atoms with Crippen molar-refractivity contribution in [3.8, 4) is 93.4 Å². The van der Waals surface area contributed by atoms with Crippen LogP contribution in [0.2, 0.25) is 0 Å². The quantitative estimate of drug-likeness (QED) is 0.112. The SMILES string of the molecule is Cc1cc2cc(c1)Oc1cc(c(C#Cc3ccc(C(F)(F)F)cc3)cc1C#Cc1ccc(C(F)(F)F)cc1)Oc1cc(C)cc(c1)Oc1cc(c(C#Cc3ccc(C(F)(F)F)cc3)cc1C#Cc1ccc(C(F)(F)F)cc1)O2. The van der Waals surface area contributed by atoms with E-state index in [1.54, 1.807) is 38.1 Å². The number of halogens is 12. The average molecular weight is 1070 g/mol. The van der Waals surface area contributed by atoms with Crippen LogP contribution in [0.1, 0.15) is 77.9 Å². The van der Waals surface area contributed by atoms with Gasteiger partial charge in [-0.25, -0.2) is 0 Å². The molecule has 1 heterocycles. The van der Waals surface area contributed by atoms with Crippen LogP contribution in [-0.2, 0) is 24.7 Å². The molecule has 8 aromatic carbocycles. The summed E-state index contributed by atoms with van der Waals surface area (Å²) in [5.41, 5.74) is -0.979. The molecule has 0 spiro atoms. The minimum Gasteiger partial charge on any atom is -0.456 e. The molecule has 0 aromatic heterocycles. The number of rotatable bonds is 0. The fourth-order valence-corrected chi connectivity index (χ4v) is 7.55. The predicted octanol–water partition coefficient (Wildman–Crippen LogP) is 17.5. The molecule has 0 amide bonds. The van der Waals surface area contributed by atoms with E-state index in [1.807, 2.05) is 0 Å². The van der Waals surface area contributed by atoms with Gasteiger partial charge in [0.15, 0.2) is 0 Å². The fourth-order valence-electron chi connectivity index (χ4n) is 7.55. The molecule has 78 heavy (non-hydrogen) atoms. The van der Waals surface area contributed by atoms with Gasteiger partial charge in [-0.1, -0.05) is 47.4 Å². The minimum absolute atomic E-state index is 0.0543. The lowest BCUT2D eigenvalue weighted by atomic mass is 10.1. The maximum absolute atomic E-state index is 13.4. The number of benzene rings is 8. The van der Waals surface area contributed by atoms with Crippen molar-refractivity contribution in [3.05, 3.63) is 236 Å². The molecule has 0 fully saturated rings. The highest BCUT2D eigenvalue weighted by atomic mass is 19.4. The van der Waals surface area contributed by atoms with Crippen LogP contribution in [0.3, 0.4) is 0 Å². The van der Waals surface area contributed by atoms with Gasteiger partial charge in [-0.3, -0.25) is 0 Å². The summed E-state index contributed by atoms with van der Waals surface area (Å²) in [6.45, 7) is 3.46. The summed E-state index contributed by atoms with van der Waals surface area (Å²) in [5.74, 6) is 24.1. The molecule has 0 unspecified atom stereocenters. The zero-order valence-corrected chi connectivity index (χ0v) is 40.2. The maximum Gasteiger partial charge on any atom is 0.416 e. The highest BCUT2D eigenvalue weighted by Crippen LogP contribution is 2.42. The lowest BCUT2D eigenvalue weighted by Gasteiger charge is -2.18. The zero-order chi connectivity index (χ0) is 55.6. The molecule has 0 atom stereocenters. The van der Waals surface area contributed by atoms with Gasteiger partial charge in [0, 0.05) is 46.5 Å². The second-order valence-corrected chi connectivity index (χ2v) is 17.4. The minimum atomic E-state index is -4.60. The molecule has 1 aliphatic heterocycles. The van der Waals surface area contributed by atoms with Gasteiger partial charge >= 0.3 is 24.7 Å². The van der Waals surface area contributed by atoms with Crippen LogP contribution in [0.25, 0.3) is 0 Å². The molecule has 8 aromatic rings. The molecule has 388 valence electrons. The molecule has 0 radical (unpaired) electrons. The lowest BCUT2D eigenvalue weighted by Crippen LogP contribution is -2.04. The van der Waals surface area contributed by atoms with Crippen molar-refractivity contribution in [2.24, 2.45) is 0 Å². The van der Waals surface area contributed by atoms with E-state index < -0.39 is 47.0 Å². The number of aryl methyl sites for hydroxylation is 2. The number of fused-ring (bicyclic) bond motifs is 8. The van der Waals surface area contributed by atoms with E-state index in [9.17, 15) is 52.7 Å². The first-order chi connectivity index (χ1) is 36.9. The molecule has 1 aliphatic rings. The van der Waals surface area contributed by atoms with Crippen LogP contribution < -0.4 is 18.9 Å². The van der Waals surface area contributed by atoms with E-state index >= 15 is 0 Å². The van der Waals surface area contributed by atoms with E-state index in [1.165, 1.54) is 84.9 Å². The van der Waals surface area contributed by atoms with Crippen LogP contribution >= 0.6 is 0 Å². The Bertz CT molecular complexity index is 3370. The second kappa shape index (κ2) is 21.2. The summed E-state index contributed by atoms with van der Waals surface area (Å²) in [4.78, 5) is 0. The van der Waals surface area contributed by atoms with Gasteiger partial charge in [0.05, 0.1) is 44.5 Å². The first kappa shape index (κ1) is 53.2. The van der Waals surface area contributed by atoms with Gasteiger partial charge in [-0.05, 0) is 158 Å². The molecule has 0 aliphatic carbocycles. The normalized spacial score (nSPS) is 12.0. The molecule has 0 saturated heterocycles. The van der Waals surface area contributed by atoms with Crippen molar-refractivity contribution in [2.75, 3.05) is 0 Å². The van der Waals surface area contributed by atoms with Gasteiger partial charge < -0.3 is 18.9 Å². The highest BCUT2D eigenvalue weighted by molar-refractivity contribution is 5.65. The van der Waals surface area contributed by atoms with Gasteiger partial charge in [-0.15, -0.1) is 0 Å². The van der Waals surface area contributed by atoms with Crippen LogP contribution in [-0.4, -0.2) is 0 Å². The molecular formula is C62H32F12O4. The molecule has 4 nitrogen and oxygen atoms in total. The van der Waals surface area contributed by atoms with Crippen LogP contribution in [0.4, 0.5) is 52.7 Å². The van der Waals surface area contributed by atoms with E-state index in [-0.39, 0.29) is 90.5 Å². The molecule has 0 N–H and O–H groups in total. The standard InChI is InChI=1S/C62H32F12O4/c1-37-27-51-33-52(28-37)76-56-36-58(46(18-6-42-13-25-50(26-14-42)62(72,73)74)32-44(56)16-4-40-9-21-48(22-10-40)60(66,67)68)78-54-30-38(2)29-53(34-54)77-57-35-55(75-51)43(15-3-39-7-19-47(20-8-39)59(63,64)65)31-45(57)17-5-41-11-23-49(24-12-41)61(69,70)71/h7-14,19-36H,1-2H3. The number of alkyl halides is 12. The first-order valence-corrected chi connectivity index (χ1v) is 23.0. The van der Waals surface area contributed by atoms with E-state index in [0.29, 0.717) is 11.1 Å². The average Bonchev–Trinajstić information content (AvgIpc) is 3.38. The number of hydrogen-bond donors (Lipinski definition) is 0. The van der Waals surface area contributed by atoms with E-state index in [4.69, 9.17) is 18.9 Å². The Morgan fingerprint density at radius 3 is 0.654 bits per heavy atom. The Morgan fingerprint density at radius 1 is 0.256 bits per heavy atom. The van der Waals surface area contributed by atoms with Crippen LogP contribution in [0.15, 0.2) is 158 Å². The molecule has 16 heteroatoms. The Balaban J connectivity index is 1.22. The van der Waals surface area contributed by atoms with Gasteiger partial charge in [-0.2, -0.15) is 52.7 Å². The van der Waals surface area contributed by atoms with Crippen LogP contribution in [0.5, 0.6) is 46.0 Å². The van der Waals surface area contributed by atoms with Gasteiger partial charge in [0.2, 0.25) is 0 Å². The monoisotopic (exact) mass is 1070 g/mol. The maximum atomic E-state index is 13.4. The Hall–Kier alpha value is -9.64. The molecule has 9 rings (SSSR count). The summed E-state index contributed by atoms with van der Waals surface area (Å²) in [6, 6.07) is 32.0. The third kappa shape index (κ3) is 13.2. The van der Waals surface area contributed by atoms with Gasteiger partial charge in [0.25, 0.3) is 0 Å². The first-order valence-electron chi connectivity index (χ1n) is 23.0. The smallest absolute Gasteiger partial charge is 0.416 e. The van der Waals surface area contributed by atoms with Crippen molar-refractivity contribution in [2.45, 2.75) is 38.6 Å². The predicted molar refractivity (Wildman–Crippen MR) is 265 cm³/mol. The van der Waals surface area contributed by atoms with E-state index in [2.05, 4.69) is 47.4 Å². The molecular weight excluding hydrogens is 1040 g/mol. The summed E-state index contributed by atoms with van der Waals surface area (Å²) in [5, 5.41) is 0. The Labute approximate surface area is 437 Å². The topological polar surface area (TPSA) is 36.9 Å². The molecule has 8 bridgehead atoms. The Morgan fingerprint density at radius 2 is 0.462 bits per heavy atom. The summed E-state index contributed by atoms with van der Waals surface area (Å²) in [6.07, 6.45) is -18.4. The number of hydrogen-bond acceptors (Lipinski definition) is 4. The molecule has 0 saturated carbocycles. The largest absolute Gasteiger partial charge is 0.456 e. The van der Waals surface area contributed by atoms with Crippen LogP contribution in [0, 0.1) is 61.2 Å². The van der Waals surface area contributed by atoms with Crippen molar-refractivity contribution in [1.29, 1.82) is 0 Å². The lowest BCUT2D eigenvalue weighted by molar-refractivity contribution is -0.138. The van der Waals surface area contributed by atoms with Crippen molar-refractivity contribution in [1.82, 2.24) is 0 Å².